The van der Waals surface area contributed by atoms with Crippen LogP contribution in [0.4, 0.5) is 10.1 Å². The van der Waals surface area contributed by atoms with Crippen LogP contribution >= 0.6 is 12.4 Å². The highest BCUT2D eigenvalue weighted by molar-refractivity contribution is 5.98. The van der Waals surface area contributed by atoms with Crippen molar-refractivity contribution in [2.45, 2.75) is 38.1 Å². The highest BCUT2D eigenvalue weighted by atomic mass is 35.5. The molecule has 126 valence electrons. The number of nitrogens with two attached hydrogens (primary N) is 1. The van der Waals surface area contributed by atoms with E-state index in [1.807, 2.05) is 0 Å². The zero-order chi connectivity index (χ0) is 15.7. The molecule has 1 aliphatic carbocycles. The van der Waals surface area contributed by atoms with Crippen molar-refractivity contribution in [2.75, 3.05) is 11.9 Å². The molecule has 0 spiro atoms. The van der Waals surface area contributed by atoms with E-state index in [4.69, 9.17) is 5.73 Å². The minimum Gasteiger partial charge on any atom is -0.349 e. The number of nitrogens with one attached hydrogen (secondary N) is 2. The Kier molecular flexibility index (Phi) is 5.59. The second-order valence-electron chi connectivity index (χ2n) is 6.04. The lowest BCUT2D eigenvalue weighted by Crippen LogP contribution is -2.40. The molecule has 2 atom stereocenters. The van der Waals surface area contributed by atoms with Gasteiger partial charge in [-0.15, -0.1) is 12.4 Å². The Morgan fingerprint density at radius 3 is 2.87 bits per heavy atom. The zero-order valence-electron chi connectivity index (χ0n) is 12.7. The van der Waals surface area contributed by atoms with Crippen molar-refractivity contribution in [3.05, 3.63) is 29.1 Å². The summed E-state index contributed by atoms with van der Waals surface area (Å²) in [4.78, 5) is 23.7. The quantitative estimate of drug-likeness (QED) is 0.786. The van der Waals surface area contributed by atoms with E-state index in [2.05, 4.69) is 10.6 Å². The van der Waals surface area contributed by atoms with Gasteiger partial charge in [0.15, 0.2) is 0 Å². The second kappa shape index (κ2) is 7.27. The first kappa shape index (κ1) is 17.7. The van der Waals surface area contributed by atoms with E-state index < -0.39 is 11.7 Å². The molecular weight excluding hydrogens is 321 g/mol. The number of hydrogen-bond donors (Lipinski definition) is 3. The van der Waals surface area contributed by atoms with Crippen LogP contribution in [-0.2, 0) is 11.2 Å². The maximum atomic E-state index is 14.2. The molecule has 1 aromatic rings. The van der Waals surface area contributed by atoms with Gasteiger partial charge in [-0.25, -0.2) is 4.39 Å². The molecule has 5 nitrogen and oxygen atoms in total. The van der Waals surface area contributed by atoms with E-state index in [1.54, 1.807) is 6.07 Å². The topological polar surface area (TPSA) is 84.2 Å². The predicted molar refractivity (Wildman–Crippen MR) is 88.2 cm³/mol. The molecule has 0 aromatic heterocycles. The van der Waals surface area contributed by atoms with Gasteiger partial charge in [-0.2, -0.15) is 0 Å². The first-order valence-electron chi connectivity index (χ1n) is 7.71. The smallest absolute Gasteiger partial charge is 0.254 e. The zero-order valence-corrected chi connectivity index (χ0v) is 13.5. The molecule has 0 bridgehead atoms. The van der Waals surface area contributed by atoms with Crippen LogP contribution < -0.4 is 16.4 Å². The van der Waals surface area contributed by atoms with Gasteiger partial charge in [-0.05, 0) is 49.4 Å². The summed E-state index contributed by atoms with van der Waals surface area (Å²) in [7, 11) is 0. The lowest BCUT2D eigenvalue weighted by atomic mass is 9.98. The van der Waals surface area contributed by atoms with E-state index in [-0.39, 0.29) is 35.8 Å². The number of amides is 2. The fraction of sp³-hybridized carbons (Fsp3) is 0.500. The molecule has 1 saturated carbocycles. The van der Waals surface area contributed by atoms with Crippen molar-refractivity contribution in [2.24, 2.45) is 11.7 Å². The monoisotopic (exact) mass is 341 g/mol. The Bertz CT molecular complexity index is 624. The molecule has 1 heterocycles. The maximum absolute atomic E-state index is 14.2. The van der Waals surface area contributed by atoms with Crippen LogP contribution in [0.25, 0.3) is 0 Å². The lowest BCUT2D eigenvalue weighted by molar-refractivity contribution is -0.116. The third-order valence-electron chi connectivity index (χ3n) is 4.61. The fourth-order valence-corrected chi connectivity index (χ4v) is 3.33. The van der Waals surface area contributed by atoms with Crippen LogP contribution in [0.3, 0.4) is 0 Å². The number of rotatable bonds is 3. The fourth-order valence-electron chi connectivity index (χ4n) is 3.33. The lowest BCUT2D eigenvalue weighted by Gasteiger charge is -2.21. The van der Waals surface area contributed by atoms with Crippen molar-refractivity contribution in [1.29, 1.82) is 0 Å². The molecular formula is C16H21ClFN3O2. The van der Waals surface area contributed by atoms with Crippen LogP contribution in [-0.4, -0.2) is 24.4 Å². The number of carbonyl (C=O) groups excluding carboxylic acids is 2. The number of carbonyl (C=O) groups is 2. The third-order valence-corrected chi connectivity index (χ3v) is 4.61. The SMILES string of the molecule is Cl.NCC1CCCC1NC(=O)c1cc2c(cc1F)NC(=O)CC2. The summed E-state index contributed by atoms with van der Waals surface area (Å²) in [6.07, 6.45) is 3.80. The van der Waals surface area contributed by atoms with Gasteiger partial charge in [-0.3, -0.25) is 9.59 Å². The van der Waals surface area contributed by atoms with E-state index >= 15 is 0 Å². The first-order chi connectivity index (χ1) is 10.6. The molecule has 2 unspecified atom stereocenters. The average molecular weight is 342 g/mol. The summed E-state index contributed by atoms with van der Waals surface area (Å²) in [5.74, 6) is -0.868. The minimum atomic E-state index is -0.610. The van der Waals surface area contributed by atoms with Gasteiger partial charge < -0.3 is 16.4 Å². The van der Waals surface area contributed by atoms with Gasteiger partial charge in [0.25, 0.3) is 5.91 Å². The van der Waals surface area contributed by atoms with E-state index in [0.717, 1.165) is 24.8 Å². The molecule has 23 heavy (non-hydrogen) atoms. The summed E-state index contributed by atoms with van der Waals surface area (Å²) < 4.78 is 14.2. The minimum absolute atomic E-state index is 0. The van der Waals surface area contributed by atoms with Gasteiger partial charge in [0.2, 0.25) is 5.91 Å². The van der Waals surface area contributed by atoms with Crippen molar-refractivity contribution in [3.8, 4) is 0 Å². The van der Waals surface area contributed by atoms with Crippen LogP contribution in [0.15, 0.2) is 12.1 Å². The number of halogens is 2. The van der Waals surface area contributed by atoms with E-state index in [1.165, 1.54) is 6.07 Å². The molecule has 7 heteroatoms. The summed E-state index contributed by atoms with van der Waals surface area (Å²) in [6, 6.07) is 2.80. The standard InChI is InChI=1S/C16H20FN3O2.ClH/c17-12-7-14-9(4-5-15(21)19-14)6-11(12)16(22)20-13-3-1-2-10(13)8-18;/h6-7,10,13H,1-5,8,18H2,(H,19,21)(H,20,22);1H. The number of aryl methyl sites for hydroxylation is 1. The average Bonchev–Trinajstić information content (AvgIpc) is 2.93. The molecule has 1 fully saturated rings. The molecule has 4 N–H and O–H groups in total. The van der Waals surface area contributed by atoms with Gasteiger partial charge in [0, 0.05) is 18.2 Å². The molecule has 0 saturated heterocycles. The molecule has 1 aliphatic heterocycles. The summed E-state index contributed by atoms with van der Waals surface area (Å²) in [5.41, 5.74) is 7.01. The number of hydrogen-bond acceptors (Lipinski definition) is 3. The molecule has 1 aromatic carbocycles. The number of benzene rings is 1. The van der Waals surface area contributed by atoms with E-state index in [0.29, 0.717) is 25.1 Å². The summed E-state index contributed by atoms with van der Waals surface area (Å²) in [5, 5.41) is 5.54. The Morgan fingerprint density at radius 1 is 1.35 bits per heavy atom. The van der Waals surface area contributed by atoms with Crippen LogP contribution in [0.1, 0.15) is 41.6 Å². The number of anilines is 1. The Labute approximate surface area is 140 Å². The van der Waals surface area contributed by atoms with Gasteiger partial charge in [-0.1, -0.05) is 6.42 Å². The molecule has 2 amide bonds. The highest BCUT2D eigenvalue weighted by Gasteiger charge is 2.29. The Balaban J connectivity index is 0.00000192. The first-order valence-corrected chi connectivity index (χ1v) is 7.71. The normalized spacial score (nSPS) is 22.8. The Morgan fingerprint density at radius 2 is 2.13 bits per heavy atom. The van der Waals surface area contributed by atoms with Crippen LogP contribution in [0.5, 0.6) is 0 Å². The third kappa shape index (κ3) is 3.64. The molecule has 3 rings (SSSR count). The largest absolute Gasteiger partial charge is 0.349 e. The van der Waals surface area contributed by atoms with Crippen molar-refractivity contribution >= 4 is 29.9 Å². The molecule has 0 radical (unpaired) electrons. The van der Waals surface area contributed by atoms with Gasteiger partial charge in [0.05, 0.1) is 5.56 Å². The summed E-state index contributed by atoms with van der Waals surface area (Å²) in [6.45, 7) is 0.531. The van der Waals surface area contributed by atoms with Crippen LogP contribution in [0.2, 0.25) is 0 Å². The van der Waals surface area contributed by atoms with Crippen molar-refractivity contribution < 1.29 is 14.0 Å². The van der Waals surface area contributed by atoms with E-state index in [9.17, 15) is 14.0 Å². The number of fused-ring (bicyclic) bond motifs is 1. The van der Waals surface area contributed by atoms with Crippen LogP contribution in [0, 0.1) is 11.7 Å². The van der Waals surface area contributed by atoms with Crippen molar-refractivity contribution in [3.63, 3.8) is 0 Å². The highest BCUT2D eigenvalue weighted by Crippen LogP contribution is 2.28. The predicted octanol–water partition coefficient (Wildman–Crippen LogP) is 1.99. The second-order valence-corrected chi connectivity index (χ2v) is 6.04. The van der Waals surface area contributed by atoms with Gasteiger partial charge >= 0.3 is 0 Å². The van der Waals surface area contributed by atoms with Gasteiger partial charge in [0.1, 0.15) is 5.82 Å². The maximum Gasteiger partial charge on any atom is 0.254 e. The van der Waals surface area contributed by atoms with Crippen molar-refractivity contribution in [1.82, 2.24) is 5.32 Å². The molecule has 2 aliphatic rings. The summed E-state index contributed by atoms with van der Waals surface area (Å²) >= 11 is 0. The Hall–Kier alpha value is -1.66.